The lowest BCUT2D eigenvalue weighted by Gasteiger charge is -2.20. The average Bonchev–Trinajstić information content (AvgIpc) is 3.12. The van der Waals surface area contributed by atoms with Crippen molar-refractivity contribution in [3.05, 3.63) is 66.5 Å². The molecule has 1 fully saturated rings. The predicted molar refractivity (Wildman–Crippen MR) is 106 cm³/mol. The Labute approximate surface area is 170 Å². The third-order valence-corrected chi connectivity index (χ3v) is 5.29. The molecule has 1 atom stereocenters. The molecular formula is C18H18ClFN4O5. The van der Waals surface area contributed by atoms with Crippen LogP contribution in [-0.2, 0) is 6.61 Å². The fraction of sp³-hybridized carbons (Fsp3) is 0.333. The van der Waals surface area contributed by atoms with Crippen molar-refractivity contribution in [3.63, 3.8) is 0 Å². The second-order valence-electron chi connectivity index (χ2n) is 6.75. The van der Waals surface area contributed by atoms with Gasteiger partial charge < -0.3 is 15.3 Å². The summed E-state index contributed by atoms with van der Waals surface area (Å²) in [6.45, 7) is 1.86. The molecular weight excluding hydrogens is 407 g/mol. The topological polar surface area (TPSA) is 122 Å². The summed E-state index contributed by atoms with van der Waals surface area (Å²) >= 11 is 5.83. The minimum Gasteiger partial charge on any atom is -0.392 e. The first-order valence-corrected chi connectivity index (χ1v) is 9.13. The van der Waals surface area contributed by atoms with Crippen LogP contribution < -0.4 is 10.2 Å². The second kappa shape index (κ2) is 8.18. The molecule has 1 unspecified atom stereocenters. The van der Waals surface area contributed by atoms with Gasteiger partial charge in [-0.1, -0.05) is 11.6 Å². The molecule has 2 N–H and O–H groups in total. The number of hydrogen-bond acceptors (Lipinski definition) is 7. The van der Waals surface area contributed by atoms with Crippen molar-refractivity contribution in [1.82, 2.24) is 0 Å². The lowest BCUT2D eigenvalue weighted by atomic mass is 10.0. The Morgan fingerprint density at radius 2 is 2.03 bits per heavy atom. The van der Waals surface area contributed by atoms with E-state index in [1.54, 1.807) is 6.07 Å². The van der Waals surface area contributed by atoms with E-state index in [2.05, 4.69) is 5.32 Å². The Kier molecular flexibility index (Phi) is 5.85. The molecule has 29 heavy (non-hydrogen) atoms. The van der Waals surface area contributed by atoms with Crippen LogP contribution in [0.2, 0.25) is 5.02 Å². The maximum Gasteiger partial charge on any atom is 0.302 e. The van der Waals surface area contributed by atoms with Gasteiger partial charge in [-0.15, -0.1) is 0 Å². The first kappa shape index (κ1) is 20.7. The van der Waals surface area contributed by atoms with Gasteiger partial charge in [-0.2, -0.15) is 0 Å². The number of halogens is 2. The summed E-state index contributed by atoms with van der Waals surface area (Å²) in [5, 5.41) is 35.5. The van der Waals surface area contributed by atoms with Crippen molar-refractivity contribution >= 4 is 34.4 Å². The molecule has 1 aliphatic heterocycles. The van der Waals surface area contributed by atoms with E-state index >= 15 is 0 Å². The van der Waals surface area contributed by atoms with Gasteiger partial charge in [0.15, 0.2) is 5.69 Å². The van der Waals surface area contributed by atoms with Gasteiger partial charge >= 0.3 is 5.69 Å². The Bertz CT molecular complexity index is 987. The molecule has 2 aromatic carbocycles. The van der Waals surface area contributed by atoms with Crippen LogP contribution in [0.3, 0.4) is 0 Å². The van der Waals surface area contributed by atoms with Crippen LogP contribution in [0.4, 0.5) is 27.1 Å². The van der Waals surface area contributed by atoms with Gasteiger partial charge in [0.2, 0.25) is 0 Å². The van der Waals surface area contributed by atoms with E-state index in [0.717, 1.165) is 6.07 Å². The number of anilines is 2. The number of aliphatic hydroxyl groups is 1. The van der Waals surface area contributed by atoms with E-state index in [-0.39, 0.29) is 27.9 Å². The minimum absolute atomic E-state index is 0.0135. The third kappa shape index (κ3) is 4.08. The molecule has 0 bridgehead atoms. The van der Waals surface area contributed by atoms with Gasteiger partial charge in [-0.25, -0.2) is 4.39 Å². The van der Waals surface area contributed by atoms with E-state index in [0.29, 0.717) is 25.2 Å². The van der Waals surface area contributed by atoms with Gasteiger partial charge in [0.25, 0.3) is 5.69 Å². The van der Waals surface area contributed by atoms with Crippen LogP contribution in [0.5, 0.6) is 0 Å². The molecule has 1 heterocycles. The highest BCUT2D eigenvalue weighted by atomic mass is 35.5. The summed E-state index contributed by atoms with van der Waals surface area (Å²) < 4.78 is 13.4. The van der Waals surface area contributed by atoms with Gasteiger partial charge in [0.1, 0.15) is 5.82 Å². The first-order chi connectivity index (χ1) is 13.7. The largest absolute Gasteiger partial charge is 0.392 e. The van der Waals surface area contributed by atoms with Crippen molar-refractivity contribution in [2.75, 3.05) is 23.3 Å². The zero-order chi connectivity index (χ0) is 21.3. The molecule has 1 saturated heterocycles. The van der Waals surface area contributed by atoms with Gasteiger partial charge in [-0.3, -0.25) is 20.2 Å². The van der Waals surface area contributed by atoms with E-state index in [4.69, 9.17) is 11.6 Å². The van der Waals surface area contributed by atoms with Crippen molar-refractivity contribution < 1.29 is 19.3 Å². The van der Waals surface area contributed by atoms with Gasteiger partial charge in [-0.05, 0) is 37.1 Å². The summed E-state index contributed by atoms with van der Waals surface area (Å²) in [7, 11) is 0. The summed E-state index contributed by atoms with van der Waals surface area (Å²) in [6.07, 6.45) is 0.560. The average molecular weight is 425 g/mol. The Hall–Kier alpha value is -2.98. The number of rotatable bonds is 6. The highest BCUT2D eigenvalue weighted by Crippen LogP contribution is 2.40. The third-order valence-electron chi connectivity index (χ3n) is 5.00. The molecule has 9 nitrogen and oxygen atoms in total. The van der Waals surface area contributed by atoms with Crippen molar-refractivity contribution in [2.45, 2.75) is 26.0 Å². The molecule has 0 radical (unpaired) electrons. The summed E-state index contributed by atoms with van der Waals surface area (Å²) in [5.74, 6) is -0.532. The fourth-order valence-corrected chi connectivity index (χ4v) is 3.66. The normalized spacial score (nSPS) is 16.1. The fourth-order valence-electron chi connectivity index (χ4n) is 3.48. The highest BCUT2D eigenvalue weighted by Gasteiger charge is 2.33. The van der Waals surface area contributed by atoms with Gasteiger partial charge in [0, 0.05) is 36.4 Å². The number of hydrogen-bond donors (Lipinski definition) is 2. The molecule has 11 heteroatoms. The van der Waals surface area contributed by atoms with Crippen LogP contribution in [0.25, 0.3) is 0 Å². The Morgan fingerprint density at radius 3 is 2.62 bits per heavy atom. The van der Waals surface area contributed by atoms with Crippen LogP contribution >= 0.6 is 11.6 Å². The molecule has 2 aromatic rings. The number of nitro groups is 2. The number of nitrogens with one attached hydrogen (secondary N) is 1. The number of nitrogens with zero attached hydrogens (tertiary/aromatic N) is 3. The van der Waals surface area contributed by atoms with E-state index in [1.807, 2.05) is 4.90 Å². The van der Waals surface area contributed by atoms with E-state index < -0.39 is 33.6 Å². The first-order valence-electron chi connectivity index (χ1n) is 8.75. The molecule has 1 aliphatic rings. The summed E-state index contributed by atoms with van der Waals surface area (Å²) in [6, 6.07) is 5.16. The van der Waals surface area contributed by atoms with Crippen LogP contribution in [0.1, 0.15) is 17.5 Å². The highest BCUT2D eigenvalue weighted by molar-refractivity contribution is 6.31. The van der Waals surface area contributed by atoms with E-state index in [1.165, 1.54) is 19.1 Å². The van der Waals surface area contributed by atoms with Crippen molar-refractivity contribution in [3.8, 4) is 0 Å². The van der Waals surface area contributed by atoms with Crippen LogP contribution in [0.15, 0.2) is 24.3 Å². The van der Waals surface area contributed by atoms with Crippen molar-refractivity contribution in [1.29, 1.82) is 0 Å². The quantitative estimate of drug-likeness (QED) is 0.534. The monoisotopic (exact) mass is 424 g/mol. The molecule has 3 rings (SSSR count). The standard InChI is InChI=1S/C18H18ClFN4O5/c1-10-11(9-25)6-16(23(26)27)17(18(10)24(28)29)21-12-4-5-22(8-12)13-2-3-15(20)14(19)7-13/h2-3,6-7,12,21,25H,4-5,8-9H2,1H3. The lowest BCUT2D eigenvalue weighted by molar-refractivity contribution is -0.392. The molecule has 0 aromatic heterocycles. The van der Waals surface area contributed by atoms with Gasteiger partial charge in [0.05, 0.1) is 21.5 Å². The molecule has 0 saturated carbocycles. The maximum atomic E-state index is 13.4. The summed E-state index contributed by atoms with van der Waals surface area (Å²) in [4.78, 5) is 23.6. The number of benzene rings is 2. The predicted octanol–water partition coefficient (Wildman–Crippen LogP) is 3.79. The Balaban J connectivity index is 1.92. The smallest absolute Gasteiger partial charge is 0.302 e. The SMILES string of the molecule is Cc1c(CO)cc([N+](=O)[O-])c(NC2CCN(c3ccc(F)c(Cl)c3)C2)c1[N+](=O)[O-]. The van der Waals surface area contributed by atoms with E-state index in [9.17, 15) is 29.7 Å². The molecule has 154 valence electrons. The number of nitro benzene ring substituents is 2. The zero-order valence-electron chi connectivity index (χ0n) is 15.4. The second-order valence-corrected chi connectivity index (χ2v) is 7.16. The van der Waals surface area contributed by atoms with Crippen LogP contribution in [-0.4, -0.2) is 34.1 Å². The van der Waals surface area contributed by atoms with Crippen molar-refractivity contribution in [2.24, 2.45) is 0 Å². The minimum atomic E-state index is -0.708. The zero-order valence-corrected chi connectivity index (χ0v) is 16.1. The molecule has 0 spiro atoms. The molecule has 0 aliphatic carbocycles. The molecule has 0 amide bonds. The van der Waals surface area contributed by atoms with Crippen LogP contribution in [0, 0.1) is 33.0 Å². The summed E-state index contributed by atoms with van der Waals surface area (Å²) in [5.41, 5.74) is -0.0786. The number of aliphatic hydroxyl groups excluding tert-OH is 1. The lowest BCUT2D eigenvalue weighted by Crippen LogP contribution is -2.26. The Morgan fingerprint density at radius 1 is 1.31 bits per heavy atom. The maximum absolute atomic E-state index is 13.4.